The predicted molar refractivity (Wildman–Crippen MR) is 60.5 cm³/mol. The number of hydrogen-bond donors (Lipinski definition) is 1. The van der Waals surface area contributed by atoms with Gasteiger partial charge in [0, 0.05) is 18.7 Å². The largest absolute Gasteiger partial charge is 0.496 e. The van der Waals surface area contributed by atoms with E-state index in [-0.39, 0.29) is 6.79 Å². The highest BCUT2D eigenvalue weighted by Gasteiger charge is 2.25. The van der Waals surface area contributed by atoms with Gasteiger partial charge < -0.3 is 24.1 Å². The molecule has 17 heavy (non-hydrogen) atoms. The Balaban J connectivity index is 2.44. The van der Waals surface area contributed by atoms with Crippen LogP contribution in [0.1, 0.15) is 18.6 Å². The summed E-state index contributed by atoms with van der Waals surface area (Å²) in [5.74, 6) is 1.90. The smallest absolute Gasteiger partial charge is 0.231 e. The van der Waals surface area contributed by atoms with E-state index in [1.165, 1.54) is 0 Å². The van der Waals surface area contributed by atoms with Gasteiger partial charge in [0.15, 0.2) is 11.5 Å². The van der Waals surface area contributed by atoms with Crippen molar-refractivity contribution in [3.8, 4) is 17.2 Å². The van der Waals surface area contributed by atoms with Gasteiger partial charge in [-0.3, -0.25) is 0 Å². The third kappa shape index (κ3) is 2.16. The van der Waals surface area contributed by atoms with E-state index in [1.54, 1.807) is 33.3 Å². The normalized spacial score (nSPS) is 16.7. The van der Waals surface area contributed by atoms with Gasteiger partial charge in [0.05, 0.1) is 13.2 Å². The molecular weight excluding hydrogens is 224 g/mol. The van der Waals surface area contributed by atoms with Gasteiger partial charge in [0.1, 0.15) is 11.9 Å². The molecule has 1 aromatic rings. The summed E-state index contributed by atoms with van der Waals surface area (Å²) in [6.07, 6.45) is -1.10. The van der Waals surface area contributed by atoms with Crippen molar-refractivity contribution < 1.29 is 24.1 Å². The van der Waals surface area contributed by atoms with Gasteiger partial charge in [-0.2, -0.15) is 0 Å². The minimum atomic E-state index is -0.644. The topological polar surface area (TPSA) is 57.2 Å². The molecule has 94 valence electrons. The van der Waals surface area contributed by atoms with Gasteiger partial charge in [-0.05, 0) is 13.0 Å². The van der Waals surface area contributed by atoms with E-state index in [4.69, 9.17) is 18.9 Å². The Bertz CT molecular complexity index is 402. The lowest BCUT2D eigenvalue weighted by molar-refractivity contribution is -0.00481. The summed E-state index contributed by atoms with van der Waals surface area (Å²) in [6, 6.07) is 3.52. The Kier molecular flexibility index (Phi) is 3.40. The number of methoxy groups -OCH3 is 2. The van der Waals surface area contributed by atoms with Crippen LogP contribution in [0.2, 0.25) is 0 Å². The second-order valence-corrected chi connectivity index (χ2v) is 3.84. The minimum Gasteiger partial charge on any atom is -0.496 e. The van der Waals surface area contributed by atoms with Gasteiger partial charge in [-0.15, -0.1) is 0 Å². The van der Waals surface area contributed by atoms with Gasteiger partial charge >= 0.3 is 0 Å². The van der Waals surface area contributed by atoms with Crippen LogP contribution in [-0.2, 0) is 4.74 Å². The van der Waals surface area contributed by atoms with E-state index in [0.29, 0.717) is 17.2 Å². The first-order valence-corrected chi connectivity index (χ1v) is 5.35. The number of fused-ring (bicyclic) bond motifs is 1. The van der Waals surface area contributed by atoms with Crippen LogP contribution in [0.5, 0.6) is 17.2 Å². The van der Waals surface area contributed by atoms with Crippen LogP contribution in [0.4, 0.5) is 0 Å². The number of ether oxygens (including phenoxy) is 4. The van der Waals surface area contributed by atoms with E-state index in [2.05, 4.69) is 0 Å². The lowest BCUT2D eigenvalue weighted by atomic mass is 10.0. The quantitative estimate of drug-likeness (QED) is 0.864. The average molecular weight is 240 g/mol. The molecule has 0 saturated carbocycles. The van der Waals surface area contributed by atoms with Crippen molar-refractivity contribution in [3.63, 3.8) is 0 Å². The zero-order chi connectivity index (χ0) is 12.4. The summed E-state index contributed by atoms with van der Waals surface area (Å²) in [5, 5.41) is 9.68. The third-order valence-electron chi connectivity index (χ3n) is 2.72. The van der Waals surface area contributed by atoms with Crippen molar-refractivity contribution in [2.24, 2.45) is 0 Å². The molecule has 0 fully saturated rings. The lowest BCUT2D eigenvalue weighted by Crippen LogP contribution is -2.17. The average Bonchev–Trinajstić information content (AvgIpc) is 2.75. The molecule has 5 heteroatoms. The second kappa shape index (κ2) is 4.81. The molecule has 0 saturated heterocycles. The standard InChI is InChI=1S/C12H16O5/c1-7(13)12(15-3)8-4-10-11(17-6-16-10)5-9(8)14-2/h4-5,7,12-13H,6H2,1-3H3. The number of aliphatic hydroxyl groups excluding tert-OH is 1. The Morgan fingerprint density at radius 2 is 1.88 bits per heavy atom. The van der Waals surface area contributed by atoms with Crippen molar-refractivity contribution in [2.75, 3.05) is 21.0 Å². The summed E-state index contributed by atoms with van der Waals surface area (Å²) in [5.41, 5.74) is 0.745. The van der Waals surface area contributed by atoms with Crippen molar-refractivity contribution in [1.82, 2.24) is 0 Å². The van der Waals surface area contributed by atoms with Gasteiger partial charge in [-0.25, -0.2) is 0 Å². The second-order valence-electron chi connectivity index (χ2n) is 3.84. The molecule has 0 spiro atoms. The van der Waals surface area contributed by atoms with Gasteiger partial charge in [0.2, 0.25) is 6.79 Å². The first-order chi connectivity index (χ1) is 8.17. The van der Waals surface area contributed by atoms with E-state index in [9.17, 15) is 5.11 Å². The summed E-state index contributed by atoms with van der Waals surface area (Å²) < 4.78 is 21.1. The molecule has 0 aromatic heterocycles. The molecule has 2 atom stereocenters. The fourth-order valence-corrected chi connectivity index (χ4v) is 1.92. The number of aliphatic hydroxyl groups is 1. The molecule has 0 bridgehead atoms. The highest BCUT2D eigenvalue weighted by molar-refractivity contribution is 5.52. The van der Waals surface area contributed by atoms with Crippen molar-refractivity contribution in [1.29, 1.82) is 0 Å². The highest BCUT2D eigenvalue weighted by atomic mass is 16.7. The molecule has 0 radical (unpaired) electrons. The summed E-state index contributed by atoms with van der Waals surface area (Å²) in [6.45, 7) is 1.87. The van der Waals surface area contributed by atoms with E-state index in [0.717, 1.165) is 5.56 Å². The summed E-state index contributed by atoms with van der Waals surface area (Å²) in [4.78, 5) is 0. The number of hydrogen-bond acceptors (Lipinski definition) is 5. The van der Waals surface area contributed by atoms with Crippen LogP contribution in [-0.4, -0.2) is 32.2 Å². The fourth-order valence-electron chi connectivity index (χ4n) is 1.92. The first-order valence-electron chi connectivity index (χ1n) is 5.35. The molecule has 1 aliphatic heterocycles. The van der Waals surface area contributed by atoms with Gasteiger partial charge in [-0.1, -0.05) is 0 Å². The first kappa shape index (κ1) is 12.0. The number of benzene rings is 1. The molecule has 2 rings (SSSR count). The monoisotopic (exact) mass is 240 g/mol. The lowest BCUT2D eigenvalue weighted by Gasteiger charge is -2.21. The Morgan fingerprint density at radius 1 is 1.24 bits per heavy atom. The van der Waals surface area contributed by atoms with E-state index < -0.39 is 12.2 Å². The zero-order valence-electron chi connectivity index (χ0n) is 10.1. The molecule has 2 unspecified atom stereocenters. The fraction of sp³-hybridized carbons (Fsp3) is 0.500. The molecule has 1 aromatic carbocycles. The van der Waals surface area contributed by atoms with Crippen LogP contribution in [0.15, 0.2) is 12.1 Å². The maximum Gasteiger partial charge on any atom is 0.231 e. The Morgan fingerprint density at radius 3 is 2.41 bits per heavy atom. The van der Waals surface area contributed by atoms with Crippen LogP contribution in [0, 0.1) is 0 Å². The summed E-state index contributed by atoms with van der Waals surface area (Å²) >= 11 is 0. The predicted octanol–water partition coefficient (Wildman–Crippen LogP) is 1.49. The van der Waals surface area contributed by atoms with Crippen LogP contribution < -0.4 is 14.2 Å². The Labute approximate surface area is 99.9 Å². The molecule has 0 aliphatic carbocycles. The van der Waals surface area contributed by atoms with E-state index >= 15 is 0 Å². The maximum absolute atomic E-state index is 9.68. The zero-order valence-corrected chi connectivity index (χ0v) is 10.1. The Hall–Kier alpha value is -1.46. The van der Waals surface area contributed by atoms with E-state index in [1.807, 2.05) is 0 Å². The van der Waals surface area contributed by atoms with Crippen LogP contribution in [0.25, 0.3) is 0 Å². The van der Waals surface area contributed by atoms with Gasteiger partial charge in [0.25, 0.3) is 0 Å². The van der Waals surface area contributed by atoms with Crippen molar-refractivity contribution in [3.05, 3.63) is 17.7 Å². The molecule has 1 N–H and O–H groups in total. The molecule has 1 aliphatic rings. The molecular formula is C12H16O5. The summed E-state index contributed by atoms with van der Waals surface area (Å²) in [7, 11) is 3.11. The van der Waals surface area contributed by atoms with Crippen LogP contribution in [0.3, 0.4) is 0 Å². The molecule has 1 heterocycles. The maximum atomic E-state index is 9.68. The molecule has 5 nitrogen and oxygen atoms in total. The highest BCUT2D eigenvalue weighted by Crippen LogP contribution is 2.41. The minimum absolute atomic E-state index is 0.203. The third-order valence-corrected chi connectivity index (χ3v) is 2.72. The number of rotatable bonds is 4. The van der Waals surface area contributed by atoms with Crippen LogP contribution >= 0.6 is 0 Å². The molecule has 0 amide bonds. The van der Waals surface area contributed by atoms with Crippen molar-refractivity contribution in [2.45, 2.75) is 19.1 Å². The SMILES string of the molecule is COc1cc2c(cc1C(OC)C(C)O)OCO2. The van der Waals surface area contributed by atoms with Crippen molar-refractivity contribution >= 4 is 0 Å².